The first-order valence-corrected chi connectivity index (χ1v) is 8.79. The summed E-state index contributed by atoms with van der Waals surface area (Å²) in [5.41, 5.74) is 0.994. The number of esters is 1. The van der Waals surface area contributed by atoms with Gasteiger partial charge in [-0.25, -0.2) is 0 Å². The van der Waals surface area contributed by atoms with Crippen LogP contribution in [0.3, 0.4) is 0 Å². The van der Waals surface area contributed by atoms with Crippen LogP contribution < -0.4 is 4.74 Å². The lowest BCUT2D eigenvalue weighted by Crippen LogP contribution is -2.17. The zero-order valence-electron chi connectivity index (χ0n) is 11.4. The maximum Gasteiger partial charge on any atom is 0.318 e. The predicted octanol–water partition coefficient (Wildman–Crippen LogP) is 3.58. The number of thiophene rings is 1. The molecule has 0 aliphatic heterocycles. The molecule has 106 valence electrons. The summed E-state index contributed by atoms with van der Waals surface area (Å²) in [7, 11) is 0. The molecule has 0 amide bonds. The van der Waals surface area contributed by atoms with Crippen LogP contribution in [0.1, 0.15) is 24.8 Å². The van der Waals surface area contributed by atoms with Gasteiger partial charge in [-0.05, 0) is 64.3 Å². The van der Waals surface area contributed by atoms with Gasteiger partial charge in [-0.3, -0.25) is 4.79 Å². The lowest BCUT2D eigenvalue weighted by Gasteiger charge is -2.13. The second-order valence-electron chi connectivity index (χ2n) is 4.36. The molecule has 1 aromatic carbocycles. The summed E-state index contributed by atoms with van der Waals surface area (Å²) in [6, 6.07) is 8.72. The van der Waals surface area contributed by atoms with Gasteiger partial charge in [0.25, 0.3) is 0 Å². The highest BCUT2D eigenvalue weighted by Crippen LogP contribution is 2.25. The van der Waals surface area contributed by atoms with Crippen molar-refractivity contribution < 1.29 is 14.1 Å². The maximum absolute atomic E-state index is 12.2. The van der Waals surface area contributed by atoms with Crippen molar-refractivity contribution in [2.45, 2.75) is 24.2 Å². The van der Waals surface area contributed by atoms with Gasteiger partial charge < -0.3 is 9.29 Å². The molecule has 2 aromatic rings. The standard InChI is InChI=1S/C15H16O3S2/c1-3-14(11-8-9-19-10-11)15(16)18-12-4-6-13(7-5-12)20(2)17/h4-10,14H,3H2,1-2H3. The fraction of sp³-hybridized carbons (Fsp3) is 0.267. The zero-order chi connectivity index (χ0) is 14.5. The summed E-state index contributed by atoms with van der Waals surface area (Å²) in [4.78, 5) is 12.9. The number of carbonyl (C=O) groups is 1. The van der Waals surface area contributed by atoms with Crippen molar-refractivity contribution >= 4 is 28.5 Å². The predicted molar refractivity (Wildman–Crippen MR) is 81.8 cm³/mol. The van der Waals surface area contributed by atoms with E-state index >= 15 is 0 Å². The van der Waals surface area contributed by atoms with Crippen molar-refractivity contribution in [3.63, 3.8) is 0 Å². The second kappa shape index (κ2) is 6.92. The third-order valence-electron chi connectivity index (χ3n) is 3.01. The molecule has 2 unspecified atom stereocenters. The van der Waals surface area contributed by atoms with Crippen LogP contribution in [-0.2, 0) is 16.0 Å². The van der Waals surface area contributed by atoms with Gasteiger partial charge in [0.15, 0.2) is 4.90 Å². The molecule has 1 heterocycles. The van der Waals surface area contributed by atoms with Gasteiger partial charge in [0, 0.05) is 0 Å². The quantitative estimate of drug-likeness (QED) is 0.482. The van der Waals surface area contributed by atoms with E-state index in [-0.39, 0.29) is 11.9 Å². The Morgan fingerprint density at radius 3 is 2.55 bits per heavy atom. The van der Waals surface area contributed by atoms with Gasteiger partial charge in [-0.2, -0.15) is 11.3 Å². The van der Waals surface area contributed by atoms with Crippen molar-refractivity contribution in [3.8, 4) is 5.75 Å². The van der Waals surface area contributed by atoms with Gasteiger partial charge in [-0.15, -0.1) is 0 Å². The Bertz CT molecular complexity index is 547. The van der Waals surface area contributed by atoms with Crippen molar-refractivity contribution in [2.24, 2.45) is 0 Å². The molecule has 2 rings (SSSR count). The summed E-state index contributed by atoms with van der Waals surface area (Å²) in [5.74, 6) is -0.00427. The van der Waals surface area contributed by atoms with Crippen LogP contribution in [0.5, 0.6) is 5.75 Å². The van der Waals surface area contributed by atoms with Crippen LogP contribution in [0.25, 0.3) is 0 Å². The molecular formula is C15H16O3S2. The number of rotatable bonds is 5. The molecule has 1 aromatic heterocycles. The molecule has 2 atom stereocenters. The first kappa shape index (κ1) is 15.1. The average Bonchev–Trinajstić information content (AvgIpc) is 2.94. The minimum absolute atomic E-state index is 0.235. The second-order valence-corrected chi connectivity index (χ2v) is 6.52. The van der Waals surface area contributed by atoms with E-state index in [9.17, 15) is 9.35 Å². The van der Waals surface area contributed by atoms with Crippen LogP contribution in [-0.4, -0.2) is 16.8 Å². The van der Waals surface area contributed by atoms with E-state index in [1.807, 2.05) is 23.8 Å². The van der Waals surface area contributed by atoms with E-state index in [1.165, 1.54) is 0 Å². The summed E-state index contributed by atoms with van der Waals surface area (Å²) < 4.78 is 16.7. The lowest BCUT2D eigenvalue weighted by molar-refractivity contribution is -0.136. The highest BCUT2D eigenvalue weighted by molar-refractivity contribution is 7.90. The molecule has 5 heteroatoms. The summed E-state index contributed by atoms with van der Waals surface area (Å²) in [6.45, 7) is 1.97. The Hall–Kier alpha value is -1.30. The van der Waals surface area contributed by atoms with Gasteiger partial charge >= 0.3 is 5.97 Å². The lowest BCUT2D eigenvalue weighted by atomic mass is 10.00. The van der Waals surface area contributed by atoms with Gasteiger partial charge in [0.2, 0.25) is 0 Å². The Labute approximate surface area is 125 Å². The van der Waals surface area contributed by atoms with E-state index < -0.39 is 11.2 Å². The number of carbonyl (C=O) groups excluding carboxylic acids is 1. The highest BCUT2D eigenvalue weighted by atomic mass is 32.2. The smallest absolute Gasteiger partial charge is 0.318 e. The molecule has 3 nitrogen and oxygen atoms in total. The molecular weight excluding hydrogens is 292 g/mol. The molecule has 0 aliphatic carbocycles. The first-order valence-electron chi connectivity index (χ1n) is 6.29. The van der Waals surface area contributed by atoms with Crippen molar-refractivity contribution in [3.05, 3.63) is 46.7 Å². The summed E-state index contributed by atoms with van der Waals surface area (Å²) >= 11 is 0.547. The zero-order valence-corrected chi connectivity index (χ0v) is 13.0. The third kappa shape index (κ3) is 3.62. The van der Waals surface area contributed by atoms with Crippen LogP contribution in [0.15, 0.2) is 46.0 Å². The van der Waals surface area contributed by atoms with E-state index in [0.29, 0.717) is 12.2 Å². The highest BCUT2D eigenvalue weighted by Gasteiger charge is 2.21. The molecule has 0 spiro atoms. The van der Waals surface area contributed by atoms with Crippen LogP contribution in [0, 0.1) is 0 Å². The SMILES string of the molecule is CCC(C(=O)Oc1ccc([S+](C)[O-])cc1)c1ccsc1. The number of hydrogen-bond donors (Lipinski definition) is 0. The molecule has 0 radical (unpaired) electrons. The van der Waals surface area contributed by atoms with Gasteiger partial charge in [0.1, 0.15) is 12.0 Å². The molecule has 0 bridgehead atoms. The Kier molecular flexibility index (Phi) is 5.23. The molecule has 0 saturated carbocycles. The van der Waals surface area contributed by atoms with E-state index in [1.54, 1.807) is 41.9 Å². The van der Waals surface area contributed by atoms with Gasteiger partial charge in [0.05, 0.1) is 5.92 Å². The fourth-order valence-electron chi connectivity index (χ4n) is 1.90. The van der Waals surface area contributed by atoms with Crippen LogP contribution in [0.4, 0.5) is 0 Å². The number of hydrogen-bond acceptors (Lipinski definition) is 4. The fourth-order valence-corrected chi connectivity index (χ4v) is 3.13. The van der Waals surface area contributed by atoms with Crippen molar-refractivity contribution in [1.82, 2.24) is 0 Å². The van der Waals surface area contributed by atoms with Crippen LogP contribution >= 0.6 is 11.3 Å². The number of benzene rings is 1. The minimum atomic E-state index is -1.02. The maximum atomic E-state index is 12.2. The Balaban J connectivity index is 2.07. The minimum Gasteiger partial charge on any atom is -0.612 e. The summed E-state index contributed by atoms with van der Waals surface area (Å²) in [6.07, 6.45) is 2.32. The molecule has 0 saturated heterocycles. The summed E-state index contributed by atoms with van der Waals surface area (Å²) in [5, 5.41) is 3.93. The molecule has 20 heavy (non-hydrogen) atoms. The number of ether oxygens (including phenoxy) is 1. The third-order valence-corrected chi connectivity index (χ3v) is 4.65. The van der Waals surface area contributed by atoms with Gasteiger partial charge in [-0.1, -0.05) is 6.92 Å². The molecule has 0 aliphatic rings. The normalized spacial score (nSPS) is 13.8. The molecule has 0 N–H and O–H groups in total. The molecule has 0 fully saturated rings. The monoisotopic (exact) mass is 308 g/mol. The van der Waals surface area contributed by atoms with E-state index in [4.69, 9.17) is 4.74 Å². The largest absolute Gasteiger partial charge is 0.612 e. The Morgan fingerprint density at radius 1 is 1.35 bits per heavy atom. The van der Waals surface area contributed by atoms with E-state index in [0.717, 1.165) is 10.5 Å². The van der Waals surface area contributed by atoms with E-state index in [2.05, 4.69) is 0 Å². The Morgan fingerprint density at radius 2 is 2.05 bits per heavy atom. The first-order chi connectivity index (χ1) is 9.61. The van der Waals surface area contributed by atoms with Crippen LogP contribution in [0.2, 0.25) is 0 Å². The van der Waals surface area contributed by atoms with Crippen molar-refractivity contribution in [2.75, 3.05) is 6.26 Å². The van der Waals surface area contributed by atoms with Crippen molar-refractivity contribution in [1.29, 1.82) is 0 Å². The average molecular weight is 308 g/mol. The topological polar surface area (TPSA) is 49.4 Å².